The van der Waals surface area contributed by atoms with E-state index in [4.69, 9.17) is 0 Å². The summed E-state index contributed by atoms with van der Waals surface area (Å²) in [6.07, 6.45) is 1.15. The molecule has 0 aliphatic carbocycles. The van der Waals surface area contributed by atoms with Crippen LogP contribution in [0.4, 0.5) is 0 Å². The van der Waals surface area contributed by atoms with Crippen molar-refractivity contribution in [3.63, 3.8) is 0 Å². The van der Waals surface area contributed by atoms with E-state index in [1.165, 1.54) is 11.1 Å². The number of nitrogens with one attached hydrogen (secondary N) is 1. The van der Waals surface area contributed by atoms with Gasteiger partial charge in [0.25, 0.3) is 0 Å². The van der Waals surface area contributed by atoms with Gasteiger partial charge in [-0.2, -0.15) is 0 Å². The molecule has 1 aromatic carbocycles. The van der Waals surface area contributed by atoms with Gasteiger partial charge < -0.3 is 5.32 Å². The Bertz CT molecular complexity index is 277. The second-order valence-corrected chi connectivity index (χ2v) is 4.58. The van der Waals surface area contributed by atoms with Gasteiger partial charge in [-0.25, -0.2) is 0 Å². The molecule has 0 unspecified atom stereocenters. The average Bonchev–Trinajstić information content (AvgIpc) is 2.17. The van der Waals surface area contributed by atoms with E-state index in [0.717, 1.165) is 13.0 Å². The third kappa shape index (κ3) is 5.19. The second-order valence-electron chi connectivity index (χ2n) is 4.58. The topological polar surface area (TPSA) is 12.0 Å². The SMILES string of the molecule is CCC(C)(C)NCc1ccc(C)cc1.Cl. The number of halogens is 1. The van der Waals surface area contributed by atoms with Gasteiger partial charge in [0.15, 0.2) is 0 Å². The van der Waals surface area contributed by atoms with Crippen molar-refractivity contribution < 1.29 is 0 Å². The highest BCUT2D eigenvalue weighted by Crippen LogP contribution is 2.09. The van der Waals surface area contributed by atoms with Gasteiger partial charge in [-0.15, -0.1) is 12.4 Å². The third-order valence-electron chi connectivity index (χ3n) is 2.78. The van der Waals surface area contributed by atoms with Crippen LogP contribution >= 0.6 is 12.4 Å². The zero-order chi connectivity index (χ0) is 10.6. The molecule has 1 rings (SSSR count). The van der Waals surface area contributed by atoms with Gasteiger partial charge in [0.2, 0.25) is 0 Å². The normalized spacial score (nSPS) is 10.9. The Morgan fingerprint density at radius 1 is 1.13 bits per heavy atom. The first-order valence-corrected chi connectivity index (χ1v) is 5.34. The molecule has 0 fully saturated rings. The Morgan fingerprint density at radius 2 is 1.67 bits per heavy atom. The van der Waals surface area contributed by atoms with Crippen LogP contribution in [0, 0.1) is 6.92 Å². The summed E-state index contributed by atoms with van der Waals surface area (Å²) in [7, 11) is 0. The summed E-state index contributed by atoms with van der Waals surface area (Å²) in [6.45, 7) is 9.76. The van der Waals surface area contributed by atoms with Crippen LogP contribution in [0.1, 0.15) is 38.3 Å². The van der Waals surface area contributed by atoms with Gasteiger partial charge in [-0.1, -0.05) is 36.8 Å². The predicted octanol–water partition coefficient (Wildman–Crippen LogP) is 3.70. The molecule has 0 bridgehead atoms. The standard InChI is InChI=1S/C13H21N.ClH/c1-5-13(3,4)14-10-12-8-6-11(2)7-9-12;/h6-9,14H,5,10H2,1-4H3;1H. The van der Waals surface area contributed by atoms with E-state index in [0.29, 0.717) is 0 Å². The average molecular weight is 228 g/mol. The summed E-state index contributed by atoms with van der Waals surface area (Å²) in [5.74, 6) is 0. The molecule has 1 aromatic rings. The summed E-state index contributed by atoms with van der Waals surface area (Å²) in [4.78, 5) is 0. The van der Waals surface area contributed by atoms with Crippen LogP contribution in [0.5, 0.6) is 0 Å². The lowest BCUT2D eigenvalue weighted by molar-refractivity contribution is 0.374. The molecule has 0 heterocycles. The number of rotatable bonds is 4. The van der Waals surface area contributed by atoms with Crippen LogP contribution in [-0.2, 0) is 6.54 Å². The van der Waals surface area contributed by atoms with E-state index < -0.39 is 0 Å². The summed E-state index contributed by atoms with van der Waals surface area (Å²) in [6, 6.07) is 8.70. The van der Waals surface area contributed by atoms with E-state index in [-0.39, 0.29) is 17.9 Å². The summed E-state index contributed by atoms with van der Waals surface area (Å²) < 4.78 is 0. The van der Waals surface area contributed by atoms with E-state index in [9.17, 15) is 0 Å². The number of benzene rings is 1. The third-order valence-corrected chi connectivity index (χ3v) is 2.78. The number of aryl methyl sites for hydroxylation is 1. The molecule has 86 valence electrons. The van der Waals surface area contributed by atoms with Crippen LogP contribution in [0.2, 0.25) is 0 Å². The quantitative estimate of drug-likeness (QED) is 0.827. The summed E-state index contributed by atoms with van der Waals surface area (Å²) in [5, 5.41) is 3.54. The monoisotopic (exact) mass is 227 g/mol. The lowest BCUT2D eigenvalue weighted by atomic mass is 10.0. The highest BCUT2D eigenvalue weighted by atomic mass is 35.5. The molecule has 0 aliphatic rings. The Morgan fingerprint density at radius 3 is 2.13 bits per heavy atom. The minimum atomic E-state index is 0. The van der Waals surface area contributed by atoms with Crippen molar-refractivity contribution in [1.29, 1.82) is 0 Å². The molecular weight excluding hydrogens is 206 g/mol. The molecule has 0 aliphatic heterocycles. The van der Waals surface area contributed by atoms with Gasteiger partial charge in [0, 0.05) is 12.1 Å². The van der Waals surface area contributed by atoms with Gasteiger partial charge in [0.1, 0.15) is 0 Å². The van der Waals surface area contributed by atoms with E-state index >= 15 is 0 Å². The van der Waals surface area contributed by atoms with Crippen molar-refractivity contribution in [2.24, 2.45) is 0 Å². The highest BCUT2D eigenvalue weighted by molar-refractivity contribution is 5.85. The zero-order valence-corrected chi connectivity index (χ0v) is 10.9. The fourth-order valence-electron chi connectivity index (χ4n) is 1.17. The predicted molar refractivity (Wildman–Crippen MR) is 69.6 cm³/mol. The first-order valence-electron chi connectivity index (χ1n) is 5.34. The molecule has 1 nitrogen and oxygen atoms in total. The molecule has 0 spiro atoms. The Hall–Kier alpha value is -0.530. The fraction of sp³-hybridized carbons (Fsp3) is 0.538. The summed E-state index contributed by atoms with van der Waals surface area (Å²) in [5.41, 5.74) is 2.92. The molecule has 0 amide bonds. The lowest BCUT2D eigenvalue weighted by Gasteiger charge is -2.24. The largest absolute Gasteiger partial charge is 0.308 e. The fourth-order valence-corrected chi connectivity index (χ4v) is 1.17. The maximum atomic E-state index is 3.54. The van der Waals surface area contributed by atoms with E-state index in [2.05, 4.69) is 57.3 Å². The molecule has 0 aromatic heterocycles. The molecular formula is C13H22ClN. The minimum absolute atomic E-state index is 0. The van der Waals surface area contributed by atoms with Crippen molar-refractivity contribution in [3.05, 3.63) is 35.4 Å². The Balaban J connectivity index is 0.00000196. The maximum Gasteiger partial charge on any atom is 0.0210 e. The zero-order valence-electron chi connectivity index (χ0n) is 10.1. The molecule has 2 heteroatoms. The van der Waals surface area contributed by atoms with Gasteiger partial charge in [-0.05, 0) is 32.8 Å². The Labute approximate surface area is 99.7 Å². The Kier molecular flexibility index (Phi) is 5.92. The molecule has 0 atom stereocenters. The van der Waals surface area contributed by atoms with Crippen LogP contribution in [0.3, 0.4) is 0 Å². The first kappa shape index (κ1) is 14.5. The van der Waals surface area contributed by atoms with Gasteiger partial charge in [-0.3, -0.25) is 0 Å². The molecule has 1 N–H and O–H groups in total. The van der Waals surface area contributed by atoms with Crippen molar-refractivity contribution >= 4 is 12.4 Å². The van der Waals surface area contributed by atoms with Crippen LogP contribution in [-0.4, -0.2) is 5.54 Å². The van der Waals surface area contributed by atoms with Crippen LogP contribution < -0.4 is 5.32 Å². The number of hydrogen-bond donors (Lipinski definition) is 1. The molecule has 0 saturated carbocycles. The maximum absolute atomic E-state index is 3.54. The summed E-state index contributed by atoms with van der Waals surface area (Å²) >= 11 is 0. The van der Waals surface area contributed by atoms with Gasteiger partial charge >= 0.3 is 0 Å². The minimum Gasteiger partial charge on any atom is -0.308 e. The van der Waals surface area contributed by atoms with Crippen molar-refractivity contribution in [1.82, 2.24) is 5.32 Å². The lowest BCUT2D eigenvalue weighted by Crippen LogP contribution is -2.37. The molecule has 0 saturated heterocycles. The van der Waals surface area contributed by atoms with Crippen LogP contribution in [0.15, 0.2) is 24.3 Å². The molecule has 15 heavy (non-hydrogen) atoms. The van der Waals surface area contributed by atoms with E-state index in [1.54, 1.807) is 0 Å². The number of hydrogen-bond acceptors (Lipinski definition) is 1. The second kappa shape index (κ2) is 6.14. The highest BCUT2D eigenvalue weighted by Gasteiger charge is 2.12. The van der Waals surface area contributed by atoms with Crippen LogP contribution in [0.25, 0.3) is 0 Å². The van der Waals surface area contributed by atoms with Crippen molar-refractivity contribution in [3.8, 4) is 0 Å². The molecule has 0 radical (unpaired) electrons. The smallest absolute Gasteiger partial charge is 0.0210 e. The van der Waals surface area contributed by atoms with Crippen molar-refractivity contribution in [2.45, 2.75) is 46.2 Å². The first-order chi connectivity index (χ1) is 6.53. The van der Waals surface area contributed by atoms with E-state index in [1.807, 2.05) is 0 Å². The van der Waals surface area contributed by atoms with Gasteiger partial charge in [0.05, 0.1) is 0 Å². The van der Waals surface area contributed by atoms with Crippen molar-refractivity contribution in [2.75, 3.05) is 0 Å².